The summed E-state index contributed by atoms with van der Waals surface area (Å²) in [6.07, 6.45) is 0. The Balaban J connectivity index is 2.16. The highest BCUT2D eigenvalue weighted by Crippen LogP contribution is 2.14. The summed E-state index contributed by atoms with van der Waals surface area (Å²) in [5, 5.41) is 22.1. The summed E-state index contributed by atoms with van der Waals surface area (Å²) in [6, 6.07) is 14.5. The Morgan fingerprint density at radius 2 is 1.77 bits per heavy atom. The molecule has 22 heavy (non-hydrogen) atoms. The molecule has 0 aliphatic rings. The Labute approximate surface area is 127 Å². The zero-order valence-corrected chi connectivity index (χ0v) is 12.2. The van der Waals surface area contributed by atoms with Gasteiger partial charge in [-0.05, 0) is 54.2 Å². The summed E-state index contributed by atoms with van der Waals surface area (Å²) in [4.78, 5) is 10.3. The van der Waals surface area contributed by atoms with Gasteiger partial charge in [-0.25, -0.2) is 5.43 Å². The summed E-state index contributed by atoms with van der Waals surface area (Å²) >= 11 is 0. The van der Waals surface area contributed by atoms with Gasteiger partial charge in [-0.15, -0.1) is 0 Å². The molecule has 1 N–H and O–H groups in total. The fourth-order valence-electron chi connectivity index (χ4n) is 1.72. The second-order valence-electron chi connectivity index (χ2n) is 4.69. The molecule has 0 saturated carbocycles. The molecule has 0 aromatic heterocycles. The zero-order chi connectivity index (χ0) is 15.9. The summed E-state index contributed by atoms with van der Waals surface area (Å²) < 4.78 is 0. The molecule has 0 heterocycles. The first-order valence-corrected chi connectivity index (χ1v) is 6.58. The lowest BCUT2D eigenvalue weighted by Crippen LogP contribution is -2.10. The summed E-state index contributed by atoms with van der Waals surface area (Å²) in [7, 11) is 0. The van der Waals surface area contributed by atoms with E-state index in [1.807, 2.05) is 38.1 Å². The van der Waals surface area contributed by atoms with Crippen molar-refractivity contribution in [3.05, 3.63) is 69.8 Å². The minimum absolute atomic E-state index is 0.533. The number of nitrogens with zero attached hydrogens (tertiary/aromatic N) is 4. The number of hydrazone groups is 1. The molecule has 0 atom stereocenters. The Bertz CT molecular complexity index is 740. The van der Waals surface area contributed by atoms with E-state index in [4.69, 9.17) is 0 Å². The van der Waals surface area contributed by atoms with Crippen LogP contribution in [0.25, 0.3) is 0 Å². The quantitative estimate of drug-likeness (QED) is 0.304. The fourth-order valence-corrected chi connectivity index (χ4v) is 1.72. The number of aryl methyl sites for hydroxylation is 2. The number of hydrogen-bond acceptors (Lipinski definition) is 5. The molecule has 0 unspecified atom stereocenters. The van der Waals surface area contributed by atoms with Crippen molar-refractivity contribution in [1.29, 1.82) is 0 Å². The van der Waals surface area contributed by atoms with Crippen LogP contribution in [0.15, 0.2) is 63.9 Å². The van der Waals surface area contributed by atoms with Gasteiger partial charge in [-0.1, -0.05) is 29.4 Å². The zero-order valence-electron chi connectivity index (χ0n) is 12.2. The van der Waals surface area contributed by atoms with Crippen molar-refractivity contribution in [2.24, 2.45) is 15.3 Å². The predicted octanol–water partition coefficient (Wildman–Crippen LogP) is 4.05. The van der Waals surface area contributed by atoms with Gasteiger partial charge in [0.1, 0.15) is 5.69 Å². The van der Waals surface area contributed by atoms with Crippen molar-refractivity contribution in [2.75, 3.05) is 5.43 Å². The van der Waals surface area contributed by atoms with Gasteiger partial charge >= 0.3 is 5.96 Å². The van der Waals surface area contributed by atoms with Crippen LogP contribution < -0.4 is 5.43 Å². The maximum absolute atomic E-state index is 11.0. The van der Waals surface area contributed by atoms with E-state index in [-0.39, 0.29) is 0 Å². The smallest absolute Gasteiger partial charge is 0.390 e. The van der Waals surface area contributed by atoms with Crippen LogP contribution in [0.4, 0.5) is 11.4 Å². The van der Waals surface area contributed by atoms with E-state index in [0.717, 1.165) is 11.1 Å². The number of nitro groups is 1. The van der Waals surface area contributed by atoms with E-state index in [1.165, 1.54) is 0 Å². The standard InChI is InChI=1S/C15H15N5O2/c1-11-5-3-7-13(9-11)16-18-15(20(21)22)19-17-14-8-4-6-12(2)10-14/h3-10,16H,1-2H3. The van der Waals surface area contributed by atoms with E-state index >= 15 is 0 Å². The Hall–Kier alpha value is -3.09. The minimum Gasteiger partial charge on any atom is -0.390 e. The molecule has 2 aromatic rings. The summed E-state index contributed by atoms with van der Waals surface area (Å²) in [6.45, 7) is 3.82. The van der Waals surface area contributed by atoms with Gasteiger partial charge in [0.15, 0.2) is 0 Å². The Kier molecular flexibility index (Phi) is 4.92. The molecule has 0 saturated heterocycles. The molecule has 0 radical (unpaired) electrons. The summed E-state index contributed by atoms with van der Waals surface area (Å²) in [5.41, 5.74) is 5.80. The van der Waals surface area contributed by atoms with Crippen LogP contribution in [0.1, 0.15) is 11.1 Å². The first-order valence-electron chi connectivity index (χ1n) is 6.58. The molecule has 0 aliphatic carbocycles. The lowest BCUT2D eigenvalue weighted by molar-refractivity contribution is -0.352. The SMILES string of the molecule is Cc1cccc(N=NC(=NNc2cccc(C)c2)[N+](=O)[O-])c1. The van der Waals surface area contributed by atoms with Crippen molar-refractivity contribution in [3.8, 4) is 0 Å². The van der Waals surface area contributed by atoms with Crippen LogP contribution in [0.5, 0.6) is 0 Å². The number of benzene rings is 2. The average Bonchev–Trinajstić information content (AvgIpc) is 2.47. The predicted molar refractivity (Wildman–Crippen MR) is 84.9 cm³/mol. The number of nitrogens with one attached hydrogen (secondary N) is 1. The van der Waals surface area contributed by atoms with Crippen molar-refractivity contribution in [2.45, 2.75) is 13.8 Å². The minimum atomic E-state index is -0.692. The third kappa shape index (κ3) is 4.48. The average molecular weight is 297 g/mol. The number of guanidine groups is 1. The van der Waals surface area contributed by atoms with Crippen molar-refractivity contribution in [3.63, 3.8) is 0 Å². The van der Waals surface area contributed by atoms with Crippen LogP contribution in [-0.4, -0.2) is 10.9 Å². The lowest BCUT2D eigenvalue weighted by atomic mass is 10.2. The van der Waals surface area contributed by atoms with E-state index in [2.05, 4.69) is 20.8 Å². The maximum Gasteiger partial charge on any atom is 0.511 e. The van der Waals surface area contributed by atoms with Gasteiger partial charge in [-0.3, -0.25) is 0 Å². The number of hydrogen-bond donors (Lipinski definition) is 1. The second kappa shape index (κ2) is 7.07. The highest BCUT2D eigenvalue weighted by atomic mass is 16.6. The van der Waals surface area contributed by atoms with E-state index in [9.17, 15) is 10.1 Å². The molecule has 0 amide bonds. The number of anilines is 1. The molecule has 112 valence electrons. The highest BCUT2D eigenvalue weighted by Gasteiger charge is 2.12. The molecule has 7 nitrogen and oxygen atoms in total. The molecule has 0 bridgehead atoms. The molecule has 0 fully saturated rings. The van der Waals surface area contributed by atoms with Crippen LogP contribution in [-0.2, 0) is 0 Å². The van der Waals surface area contributed by atoms with E-state index < -0.39 is 10.9 Å². The fraction of sp³-hybridized carbons (Fsp3) is 0.133. The van der Waals surface area contributed by atoms with Crippen LogP contribution >= 0.6 is 0 Å². The first kappa shape index (κ1) is 15.3. The van der Waals surface area contributed by atoms with Crippen molar-refractivity contribution >= 4 is 17.3 Å². The highest BCUT2D eigenvalue weighted by molar-refractivity contribution is 5.73. The monoisotopic (exact) mass is 297 g/mol. The van der Waals surface area contributed by atoms with Crippen molar-refractivity contribution < 1.29 is 4.92 Å². The van der Waals surface area contributed by atoms with Crippen LogP contribution in [0.3, 0.4) is 0 Å². The molecular formula is C15H15N5O2. The van der Waals surface area contributed by atoms with Gasteiger partial charge in [0.05, 0.1) is 10.8 Å². The lowest BCUT2D eigenvalue weighted by Gasteiger charge is -1.98. The molecule has 0 aliphatic heterocycles. The largest absolute Gasteiger partial charge is 0.511 e. The topological polar surface area (TPSA) is 92.2 Å². The van der Waals surface area contributed by atoms with Gasteiger partial charge in [0, 0.05) is 5.10 Å². The van der Waals surface area contributed by atoms with Gasteiger partial charge in [0.25, 0.3) is 0 Å². The van der Waals surface area contributed by atoms with Crippen molar-refractivity contribution in [1.82, 2.24) is 0 Å². The molecule has 7 heteroatoms. The second-order valence-corrected chi connectivity index (χ2v) is 4.69. The van der Waals surface area contributed by atoms with Crippen LogP contribution in [0.2, 0.25) is 0 Å². The normalized spacial score (nSPS) is 11.6. The first-order chi connectivity index (χ1) is 10.5. The van der Waals surface area contributed by atoms with Gasteiger partial charge in [-0.2, -0.15) is 0 Å². The summed E-state index contributed by atoms with van der Waals surface area (Å²) in [5.74, 6) is -0.608. The Morgan fingerprint density at radius 1 is 1.09 bits per heavy atom. The maximum atomic E-state index is 11.0. The Morgan fingerprint density at radius 3 is 2.41 bits per heavy atom. The third-order valence-electron chi connectivity index (χ3n) is 2.72. The van der Waals surface area contributed by atoms with E-state index in [1.54, 1.807) is 24.3 Å². The van der Waals surface area contributed by atoms with E-state index in [0.29, 0.717) is 11.4 Å². The molecule has 2 aromatic carbocycles. The molecule has 0 spiro atoms. The van der Waals surface area contributed by atoms with Gasteiger partial charge < -0.3 is 10.1 Å². The third-order valence-corrected chi connectivity index (χ3v) is 2.72. The number of azo groups is 1. The molecule has 2 rings (SSSR count). The number of rotatable bonds is 3. The van der Waals surface area contributed by atoms with Crippen LogP contribution in [0, 0.1) is 24.0 Å². The molecular weight excluding hydrogens is 282 g/mol. The van der Waals surface area contributed by atoms with Gasteiger partial charge in [0.2, 0.25) is 0 Å².